The van der Waals surface area contributed by atoms with E-state index in [1.54, 1.807) is 0 Å². The predicted octanol–water partition coefficient (Wildman–Crippen LogP) is 4.86. The minimum atomic E-state index is 0.0691. The number of nitrogens with zero attached hydrogens (tertiary/aromatic N) is 3. The first-order valence-corrected chi connectivity index (χ1v) is 11.7. The molecule has 168 valence electrons. The van der Waals surface area contributed by atoms with Crippen molar-refractivity contribution < 1.29 is 13.9 Å². The van der Waals surface area contributed by atoms with Gasteiger partial charge in [0.25, 0.3) is 0 Å². The van der Waals surface area contributed by atoms with Crippen molar-refractivity contribution in [3.63, 3.8) is 0 Å². The highest BCUT2D eigenvalue weighted by molar-refractivity contribution is 6.30. The Hall–Kier alpha value is -2.57. The van der Waals surface area contributed by atoms with Crippen molar-refractivity contribution >= 4 is 28.6 Å². The van der Waals surface area contributed by atoms with Crippen molar-refractivity contribution in [3.05, 3.63) is 58.9 Å². The standard InChI is InChI=1S/C25H28ClN3O3/c1-17-15-28(16-19-14-20(26)6-7-22(19)31-17)11-10-24(30)29-12-8-18(9-13-29)25-27-21-4-2-3-5-23(21)32-25/h2-7,14,17-18H,8-13,15-16H2,1H3. The van der Waals surface area contributed by atoms with Gasteiger partial charge in [0.05, 0.1) is 0 Å². The number of rotatable bonds is 4. The Bertz CT molecular complexity index is 1070. The van der Waals surface area contributed by atoms with Crippen LogP contribution in [0.3, 0.4) is 0 Å². The van der Waals surface area contributed by atoms with Gasteiger partial charge in [0.1, 0.15) is 17.4 Å². The van der Waals surface area contributed by atoms with Crippen LogP contribution in [0.5, 0.6) is 5.75 Å². The highest BCUT2D eigenvalue weighted by atomic mass is 35.5. The lowest BCUT2D eigenvalue weighted by atomic mass is 9.96. The number of para-hydroxylation sites is 2. The molecule has 0 N–H and O–H groups in total. The Kier molecular flexibility index (Phi) is 6.07. The second-order valence-corrected chi connectivity index (χ2v) is 9.28. The number of benzene rings is 2. The first-order chi connectivity index (χ1) is 15.5. The van der Waals surface area contributed by atoms with E-state index in [9.17, 15) is 4.79 Å². The van der Waals surface area contributed by atoms with E-state index >= 15 is 0 Å². The molecule has 3 aromatic rings. The van der Waals surface area contributed by atoms with E-state index in [1.165, 1.54) is 0 Å². The molecule has 1 amide bonds. The first-order valence-electron chi connectivity index (χ1n) is 11.4. The largest absolute Gasteiger partial charge is 0.489 e. The molecule has 32 heavy (non-hydrogen) atoms. The molecule has 1 aromatic heterocycles. The Labute approximate surface area is 193 Å². The molecule has 3 heterocycles. The summed E-state index contributed by atoms with van der Waals surface area (Å²) in [6, 6.07) is 13.6. The molecule has 2 aromatic carbocycles. The van der Waals surface area contributed by atoms with Crippen molar-refractivity contribution in [2.24, 2.45) is 0 Å². The Morgan fingerprint density at radius 3 is 2.81 bits per heavy atom. The molecule has 1 unspecified atom stereocenters. The topological polar surface area (TPSA) is 58.8 Å². The number of halogens is 1. The molecule has 5 rings (SSSR count). The second-order valence-electron chi connectivity index (χ2n) is 8.84. The monoisotopic (exact) mass is 453 g/mol. The summed E-state index contributed by atoms with van der Waals surface area (Å²) >= 11 is 6.18. The van der Waals surface area contributed by atoms with Crippen LogP contribution in [0.1, 0.15) is 43.6 Å². The Balaban J connectivity index is 1.15. The normalized spacial score (nSPS) is 20.1. The van der Waals surface area contributed by atoms with Gasteiger partial charge in [-0.15, -0.1) is 0 Å². The smallest absolute Gasteiger partial charge is 0.223 e. The molecular weight excluding hydrogens is 426 g/mol. The summed E-state index contributed by atoms with van der Waals surface area (Å²) in [5.74, 6) is 2.17. The first kappa shape index (κ1) is 21.3. The number of piperidine rings is 1. The number of hydrogen-bond acceptors (Lipinski definition) is 5. The fourth-order valence-corrected chi connectivity index (χ4v) is 4.93. The van der Waals surface area contributed by atoms with Gasteiger partial charge in [0.2, 0.25) is 5.91 Å². The molecule has 1 saturated heterocycles. The lowest BCUT2D eigenvalue weighted by Gasteiger charge is -2.31. The number of oxazole rings is 1. The van der Waals surface area contributed by atoms with Gasteiger partial charge in [-0.1, -0.05) is 23.7 Å². The number of carbonyl (C=O) groups is 1. The van der Waals surface area contributed by atoms with Crippen LogP contribution in [-0.2, 0) is 11.3 Å². The molecule has 0 radical (unpaired) electrons. The molecular formula is C25H28ClN3O3. The van der Waals surface area contributed by atoms with Crippen LogP contribution in [0.15, 0.2) is 46.9 Å². The van der Waals surface area contributed by atoms with Crippen LogP contribution in [0.2, 0.25) is 5.02 Å². The van der Waals surface area contributed by atoms with Crippen molar-refractivity contribution in [2.45, 2.75) is 44.8 Å². The third kappa shape index (κ3) is 4.62. The van der Waals surface area contributed by atoms with Gasteiger partial charge >= 0.3 is 0 Å². The number of ether oxygens (including phenoxy) is 1. The molecule has 0 aliphatic carbocycles. The summed E-state index contributed by atoms with van der Waals surface area (Å²) in [6.07, 6.45) is 2.35. The van der Waals surface area contributed by atoms with E-state index in [0.717, 1.165) is 67.3 Å². The summed E-state index contributed by atoms with van der Waals surface area (Å²) in [6.45, 7) is 5.81. The van der Waals surface area contributed by atoms with Crippen LogP contribution in [0.4, 0.5) is 0 Å². The average Bonchev–Trinajstić information content (AvgIpc) is 3.16. The van der Waals surface area contributed by atoms with Gasteiger partial charge in [-0.2, -0.15) is 0 Å². The number of amides is 1. The molecule has 1 atom stereocenters. The molecule has 2 aliphatic rings. The molecule has 1 fully saturated rings. The summed E-state index contributed by atoms with van der Waals surface area (Å²) < 4.78 is 12.0. The van der Waals surface area contributed by atoms with Crippen molar-refractivity contribution in [2.75, 3.05) is 26.2 Å². The summed E-state index contributed by atoms with van der Waals surface area (Å²) in [5.41, 5.74) is 2.81. The van der Waals surface area contributed by atoms with E-state index in [-0.39, 0.29) is 17.9 Å². The van der Waals surface area contributed by atoms with Gasteiger partial charge in [0.15, 0.2) is 11.5 Å². The maximum absolute atomic E-state index is 12.9. The lowest BCUT2D eigenvalue weighted by Crippen LogP contribution is -2.40. The van der Waals surface area contributed by atoms with E-state index in [2.05, 4.69) is 16.8 Å². The molecule has 6 nitrogen and oxygen atoms in total. The predicted molar refractivity (Wildman–Crippen MR) is 124 cm³/mol. The van der Waals surface area contributed by atoms with Crippen LogP contribution in [0.25, 0.3) is 11.1 Å². The number of fused-ring (bicyclic) bond motifs is 2. The number of aromatic nitrogens is 1. The van der Waals surface area contributed by atoms with Gasteiger partial charge < -0.3 is 14.1 Å². The molecule has 7 heteroatoms. The van der Waals surface area contributed by atoms with Crippen molar-refractivity contribution in [1.82, 2.24) is 14.8 Å². The zero-order valence-corrected chi connectivity index (χ0v) is 19.1. The third-order valence-corrected chi connectivity index (χ3v) is 6.64. The van der Waals surface area contributed by atoms with E-state index < -0.39 is 0 Å². The lowest BCUT2D eigenvalue weighted by molar-refractivity contribution is -0.132. The summed E-state index contributed by atoms with van der Waals surface area (Å²) in [7, 11) is 0. The van der Waals surface area contributed by atoms with Crippen molar-refractivity contribution in [1.29, 1.82) is 0 Å². The van der Waals surface area contributed by atoms with Crippen LogP contribution < -0.4 is 4.74 Å². The fraction of sp³-hybridized carbons (Fsp3) is 0.440. The molecule has 2 aliphatic heterocycles. The SMILES string of the molecule is CC1CN(CCC(=O)N2CCC(c3nc4ccccc4o3)CC2)Cc2cc(Cl)ccc2O1. The summed E-state index contributed by atoms with van der Waals surface area (Å²) in [5, 5.41) is 0.708. The van der Waals surface area contributed by atoms with Gasteiger partial charge in [-0.05, 0) is 50.1 Å². The maximum atomic E-state index is 12.9. The van der Waals surface area contributed by atoms with E-state index in [4.69, 9.17) is 20.8 Å². The Morgan fingerprint density at radius 1 is 1.19 bits per heavy atom. The third-order valence-electron chi connectivity index (χ3n) is 6.41. The summed E-state index contributed by atoms with van der Waals surface area (Å²) in [4.78, 5) is 21.8. The maximum Gasteiger partial charge on any atom is 0.223 e. The number of hydrogen-bond donors (Lipinski definition) is 0. The molecule has 0 saturated carbocycles. The van der Waals surface area contributed by atoms with Gasteiger partial charge in [-0.3, -0.25) is 9.69 Å². The highest BCUT2D eigenvalue weighted by Crippen LogP contribution is 2.31. The second kappa shape index (κ2) is 9.12. The molecule has 0 spiro atoms. The minimum Gasteiger partial charge on any atom is -0.489 e. The van der Waals surface area contributed by atoms with Crippen molar-refractivity contribution in [3.8, 4) is 5.75 Å². The van der Waals surface area contributed by atoms with Gasteiger partial charge in [-0.25, -0.2) is 4.98 Å². The van der Waals surface area contributed by atoms with Crippen LogP contribution in [0, 0.1) is 0 Å². The number of carbonyl (C=O) groups excluding carboxylic acids is 1. The highest BCUT2D eigenvalue weighted by Gasteiger charge is 2.28. The zero-order chi connectivity index (χ0) is 22.1. The quantitative estimate of drug-likeness (QED) is 0.564. The fourth-order valence-electron chi connectivity index (χ4n) is 4.73. The number of likely N-dealkylation sites (tertiary alicyclic amines) is 1. The minimum absolute atomic E-state index is 0.0691. The zero-order valence-electron chi connectivity index (χ0n) is 18.3. The molecule has 0 bridgehead atoms. The average molecular weight is 454 g/mol. The van der Waals surface area contributed by atoms with E-state index in [1.807, 2.05) is 47.4 Å². The van der Waals surface area contributed by atoms with E-state index in [0.29, 0.717) is 18.0 Å². The van der Waals surface area contributed by atoms with Crippen LogP contribution in [-0.4, -0.2) is 53.0 Å². The van der Waals surface area contributed by atoms with Gasteiger partial charge in [0, 0.05) is 55.6 Å². The Morgan fingerprint density at radius 2 is 2.00 bits per heavy atom. The van der Waals surface area contributed by atoms with Crippen LogP contribution >= 0.6 is 11.6 Å².